The van der Waals surface area contributed by atoms with Gasteiger partial charge in [0.05, 0.1) is 9.88 Å². The number of aliphatic imine (C=N–C) groups is 1. The Bertz CT molecular complexity index is 594. The Morgan fingerprint density at radius 3 is 2.88 bits per heavy atom. The highest BCUT2D eigenvalue weighted by molar-refractivity contribution is 7.13. The average Bonchev–Trinajstić information content (AvgIpc) is 3.02. The van der Waals surface area contributed by atoms with Crippen molar-refractivity contribution in [1.29, 1.82) is 0 Å². The Balaban J connectivity index is 2.18. The lowest BCUT2D eigenvalue weighted by Gasteiger charge is -2.27. The van der Waals surface area contributed by atoms with E-state index in [9.17, 15) is 0 Å². The molecular weight excluding hydrogens is 316 g/mol. The number of hydrogen-bond donors (Lipinski definition) is 1. The summed E-state index contributed by atoms with van der Waals surface area (Å²) in [6, 6.07) is 0. The van der Waals surface area contributed by atoms with E-state index in [0.29, 0.717) is 17.7 Å². The molecule has 132 valence electrons. The van der Waals surface area contributed by atoms with Crippen LogP contribution in [0.4, 0.5) is 0 Å². The second-order valence-electron chi connectivity index (χ2n) is 6.78. The van der Waals surface area contributed by atoms with Crippen molar-refractivity contribution < 1.29 is 0 Å². The number of nitrogens with two attached hydrogens (primary N) is 1. The monoisotopic (exact) mass is 346 g/mol. The Hall–Kier alpha value is -1.46. The third-order valence-corrected chi connectivity index (χ3v) is 5.66. The van der Waals surface area contributed by atoms with Crippen molar-refractivity contribution >= 4 is 23.1 Å². The van der Waals surface area contributed by atoms with Crippen LogP contribution in [0.15, 0.2) is 29.7 Å². The van der Waals surface area contributed by atoms with E-state index in [-0.39, 0.29) is 0 Å². The third kappa shape index (κ3) is 5.56. The minimum Gasteiger partial charge on any atom is -0.384 e. The summed E-state index contributed by atoms with van der Waals surface area (Å²) in [4.78, 5) is 12.5. The van der Waals surface area contributed by atoms with Gasteiger partial charge in [0.2, 0.25) is 0 Å². The number of rotatable bonds is 7. The van der Waals surface area contributed by atoms with Crippen LogP contribution in [0.3, 0.4) is 0 Å². The lowest BCUT2D eigenvalue weighted by molar-refractivity contribution is 0.255. The number of allylic oxidation sites excluding steroid dienone is 2. The largest absolute Gasteiger partial charge is 0.384 e. The van der Waals surface area contributed by atoms with E-state index in [2.05, 4.69) is 43.4 Å². The van der Waals surface area contributed by atoms with Crippen LogP contribution in [0.25, 0.3) is 5.57 Å². The number of likely N-dealkylation sites (tertiary alicyclic amines) is 1. The molecule has 1 aromatic heterocycles. The smallest absolute Gasteiger partial charge is 0.116 e. The van der Waals surface area contributed by atoms with Crippen molar-refractivity contribution in [1.82, 2.24) is 9.88 Å². The predicted octanol–water partition coefficient (Wildman–Crippen LogP) is 4.27. The molecule has 2 N–H and O–H groups in total. The molecule has 0 bridgehead atoms. The normalized spacial score (nSPS) is 19.0. The summed E-state index contributed by atoms with van der Waals surface area (Å²) in [5.41, 5.74) is 6.72. The molecule has 0 amide bonds. The third-order valence-electron chi connectivity index (χ3n) is 4.45. The summed E-state index contributed by atoms with van der Waals surface area (Å²) in [5.74, 6) is 1.44. The molecule has 0 radical (unpaired) electrons. The summed E-state index contributed by atoms with van der Waals surface area (Å²) in [6.45, 7) is 10.4. The molecule has 0 aromatic carbocycles. The van der Waals surface area contributed by atoms with Crippen molar-refractivity contribution in [2.75, 3.05) is 20.1 Å². The minimum atomic E-state index is 0.337. The van der Waals surface area contributed by atoms with Crippen LogP contribution in [0.5, 0.6) is 0 Å². The fraction of sp³-hybridized carbons (Fsp3) is 0.579. The van der Waals surface area contributed by atoms with Gasteiger partial charge in [-0.05, 0) is 45.3 Å². The summed E-state index contributed by atoms with van der Waals surface area (Å²) < 4.78 is 0. The standard InChI is InChI=1S/C19H30N4S/c1-5-6-14(2)11-17(12-21-15(3)20)18-13-22-19(24-18)16-7-9-23(4)10-8-16/h11-14,16H,3,5-10,20H2,1-2,4H3/b17-11+,21-12-. The molecule has 1 unspecified atom stereocenters. The molecular formula is C19H30N4S. The molecule has 24 heavy (non-hydrogen) atoms. The molecule has 5 heteroatoms. The molecule has 4 nitrogen and oxygen atoms in total. The van der Waals surface area contributed by atoms with E-state index in [0.717, 1.165) is 18.7 Å². The first kappa shape index (κ1) is 18.9. The van der Waals surface area contributed by atoms with Crippen LogP contribution in [0, 0.1) is 5.92 Å². The maximum atomic E-state index is 5.61. The topological polar surface area (TPSA) is 54.5 Å². The quantitative estimate of drug-likeness (QED) is 0.750. The summed E-state index contributed by atoms with van der Waals surface area (Å²) in [6.07, 6.45) is 10.8. The highest BCUT2D eigenvalue weighted by Crippen LogP contribution is 2.33. The van der Waals surface area contributed by atoms with Crippen LogP contribution in [-0.4, -0.2) is 36.2 Å². The Morgan fingerprint density at radius 2 is 2.25 bits per heavy atom. The van der Waals surface area contributed by atoms with E-state index >= 15 is 0 Å². The number of hydrogen-bond acceptors (Lipinski definition) is 5. The van der Waals surface area contributed by atoms with Crippen molar-refractivity contribution in [3.63, 3.8) is 0 Å². The summed E-state index contributed by atoms with van der Waals surface area (Å²) in [5, 5.41) is 1.26. The number of thiazole rings is 1. The van der Waals surface area contributed by atoms with Crippen molar-refractivity contribution in [3.8, 4) is 0 Å². The molecule has 1 aromatic rings. The number of piperidine rings is 1. The summed E-state index contributed by atoms with van der Waals surface area (Å²) in [7, 11) is 2.19. The zero-order valence-electron chi connectivity index (χ0n) is 15.2. The molecule has 2 heterocycles. The fourth-order valence-electron chi connectivity index (χ4n) is 3.05. The molecule has 1 atom stereocenters. The molecule has 1 aliphatic rings. The Labute approximate surface area is 150 Å². The molecule has 0 spiro atoms. The van der Waals surface area contributed by atoms with Gasteiger partial charge in [-0.25, -0.2) is 9.98 Å². The average molecular weight is 347 g/mol. The highest BCUT2D eigenvalue weighted by Gasteiger charge is 2.21. The minimum absolute atomic E-state index is 0.337. The van der Waals surface area contributed by atoms with Gasteiger partial charge in [0.1, 0.15) is 5.82 Å². The van der Waals surface area contributed by atoms with Crippen LogP contribution >= 0.6 is 11.3 Å². The van der Waals surface area contributed by atoms with E-state index < -0.39 is 0 Å². The molecule has 0 saturated carbocycles. The predicted molar refractivity (Wildman–Crippen MR) is 105 cm³/mol. The van der Waals surface area contributed by atoms with Gasteiger partial charge in [-0.2, -0.15) is 0 Å². The number of aromatic nitrogens is 1. The molecule has 2 rings (SSSR count). The first-order chi connectivity index (χ1) is 11.5. The lowest BCUT2D eigenvalue weighted by atomic mass is 9.98. The van der Waals surface area contributed by atoms with E-state index in [4.69, 9.17) is 10.7 Å². The Kier molecular flexibility index (Phi) is 7.18. The maximum absolute atomic E-state index is 5.61. The first-order valence-electron chi connectivity index (χ1n) is 8.84. The van der Waals surface area contributed by atoms with Crippen LogP contribution < -0.4 is 5.73 Å². The summed E-state index contributed by atoms with van der Waals surface area (Å²) >= 11 is 1.80. The number of nitrogens with zero attached hydrogens (tertiary/aromatic N) is 3. The zero-order chi connectivity index (χ0) is 17.5. The van der Waals surface area contributed by atoms with Crippen LogP contribution in [-0.2, 0) is 0 Å². The van der Waals surface area contributed by atoms with Gasteiger partial charge >= 0.3 is 0 Å². The second kappa shape index (κ2) is 9.14. The SMILES string of the molecule is C=C(N)/N=C\C(=C/C(C)CCC)c1cnc(C2CCN(C)CC2)s1. The van der Waals surface area contributed by atoms with Crippen LogP contribution in [0.2, 0.25) is 0 Å². The van der Waals surface area contributed by atoms with E-state index in [1.54, 1.807) is 11.3 Å². The van der Waals surface area contributed by atoms with Gasteiger partial charge in [0, 0.05) is 23.9 Å². The van der Waals surface area contributed by atoms with Gasteiger partial charge in [0.25, 0.3) is 0 Å². The molecule has 0 aliphatic carbocycles. The fourth-order valence-corrected chi connectivity index (χ4v) is 4.13. The van der Waals surface area contributed by atoms with Crippen molar-refractivity contribution in [2.45, 2.75) is 45.4 Å². The molecule has 1 fully saturated rings. The lowest BCUT2D eigenvalue weighted by Crippen LogP contribution is -2.29. The first-order valence-corrected chi connectivity index (χ1v) is 9.66. The van der Waals surface area contributed by atoms with Crippen molar-refractivity contribution in [3.05, 3.63) is 34.6 Å². The second-order valence-corrected chi connectivity index (χ2v) is 7.84. The maximum Gasteiger partial charge on any atom is 0.116 e. The Morgan fingerprint density at radius 1 is 1.54 bits per heavy atom. The highest BCUT2D eigenvalue weighted by atomic mass is 32.1. The van der Waals surface area contributed by atoms with E-state index in [1.165, 1.54) is 35.6 Å². The van der Waals surface area contributed by atoms with Gasteiger partial charge < -0.3 is 10.6 Å². The van der Waals surface area contributed by atoms with Crippen molar-refractivity contribution in [2.24, 2.45) is 16.6 Å². The van der Waals surface area contributed by atoms with Gasteiger partial charge in [-0.15, -0.1) is 11.3 Å². The van der Waals surface area contributed by atoms with Crippen LogP contribution in [0.1, 0.15) is 55.3 Å². The molecule has 1 saturated heterocycles. The zero-order valence-corrected chi connectivity index (χ0v) is 16.0. The van der Waals surface area contributed by atoms with Gasteiger partial charge in [0.15, 0.2) is 0 Å². The van der Waals surface area contributed by atoms with Gasteiger partial charge in [-0.1, -0.05) is 32.9 Å². The van der Waals surface area contributed by atoms with E-state index in [1.807, 2.05) is 12.4 Å². The molecule has 1 aliphatic heterocycles. The van der Waals surface area contributed by atoms with Gasteiger partial charge in [-0.3, -0.25) is 0 Å².